The van der Waals surface area contributed by atoms with Crippen LogP contribution in [0.5, 0.6) is 5.75 Å². The molecule has 0 aromatic heterocycles. The Morgan fingerprint density at radius 2 is 1.95 bits per heavy atom. The van der Waals surface area contributed by atoms with Crippen molar-refractivity contribution in [1.82, 2.24) is 5.32 Å². The summed E-state index contributed by atoms with van der Waals surface area (Å²) in [4.78, 5) is 11.9. The minimum absolute atomic E-state index is 0.0546. The van der Waals surface area contributed by atoms with E-state index in [1.54, 1.807) is 6.92 Å². The van der Waals surface area contributed by atoms with E-state index in [2.05, 4.69) is 5.32 Å². The van der Waals surface area contributed by atoms with Gasteiger partial charge in [0.15, 0.2) is 6.10 Å². The summed E-state index contributed by atoms with van der Waals surface area (Å²) >= 11 is 0. The molecule has 2 unspecified atom stereocenters. The molecule has 0 radical (unpaired) electrons. The predicted molar refractivity (Wildman–Crippen MR) is 81.9 cm³/mol. The zero-order chi connectivity index (χ0) is 15.3. The van der Waals surface area contributed by atoms with Crippen molar-refractivity contribution >= 4 is 5.91 Å². The Labute approximate surface area is 121 Å². The summed E-state index contributed by atoms with van der Waals surface area (Å²) < 4.78 is 5.87. The molecule has 0 heterocycles. The van der Waals surface area contributed by atoms with Gasteiger partial charge in [0.2, 0.25) is 0 Å². The van der Waals surface area contributed by atoms with Crippen LogP contribution in [-0.4, -0.2) is 24.1 Å². The Hall–Kier alpha value is -1.55. The molecule has 1 aromatic carbocycles. The van der Waals surface area contributed by atoms with Crippen LogP contribution in [0.3, 0.4) is 0 Å². The Kier molecular flexibility index (Phi) is 6.02. The molecule has 1 rings (SSSR count). The number of aryl methyl sites for hydroxylation is 1. The maximum Gasteiger partial charge on any atom is 0.260 e. The summed E-state index contributed by atoms with van der Waals surface area (Å²) in [5, 5.41) is 2.85. The van der Waals surface area contributed by atoms with E-state index in [-0.39, 0.29) is 18.0 Å². The number of carbonyl (C=O) groups excluding carboxylic acids is 1. The second kappa shape index (κ2) is 7.29. The highest BCUT2D eigenvalue weighted by atomic mass is 16.5. The molecule has 20 heavy (non-hydrogen) atoms. The van der Waals surface area contributed by atoms with E-state index < -0.39 is 6.10 Å². The summed E-state index contributed by atoms with van der Waals surface area (Å²) in [6.45, 7) is 9.56. The quantitative estimate of drug-likeness (QED) is 0.838. The van der Waals surface area contributed by atoms with Crippen LogP contribution in [0, 0.1) is 6.92 Å². The largest absolute Gasteiger partial charge is 0.480 e. The number of para-hydroxylation sites is 1. The van der Waals surface area contributed by atoms with Gasteiger partial charge in [0.25, 0.3) is 5.91 Å². The monoisotopic (exact) mass is 278 g/mol. The van der Waals surface area contributed by atoms with Crippen LogP contribution in [0.25, 0.3) is 0 Å². The van der Waals surface area contributed by atoms with E-state index in [1.807, 2.05) is 45.9 Å². The highest BCUT2D eigenvalue weighted by Gasteiger charge is 2.18. The van der Waals surface area contributed by atoms with Crippen LogP contribution in [0.15, 0.2) is 18.2 Å². The van der Waals surface area contributed by atoms with Crippen molar-refractivity contribution in [2.75, 3.05) is 0 Å². The molecule has 3 N–H and O–H groups in total. The molecule has 4 nitrogen and oxygen atoms in total. The SMILES string of the molecule is Cc1cccc(CC(C)N)c1OC(C)C(=O)NC(C)C. The van der Waals surface area contributed by atoms with E-state index in [0.29, 0.717) is 0 Å². The van der Waals surface area contributed by atoms with E-state index >= 15 is 0 Å². The Morgan fingerprint density at radius 1 is 1.30 bits per heavy atom. The lowest BCUT2D eigenvalue weighted by Gasteiger charge is -2.20. The van der Waals surface area contributed by atoms with Gasteiger partial charge in [-0.15, -0.1) is 0 Å². The molecule has 0 aliphatic carbocycles. The number of nitrogens with one attached hydrogen (secondary N) is 1. The standard InChI is InChI=1S/C16H26N2O2/c1-10(2)18-16(19)13(5)20-15-11(3)7-6-8-14(15)9-12(4)17/h6-8,10,12-13H,9,17H2,1-5H3,(H,18,19). The van der Waals surface area contributed by atoms with Crippen LogP contribution >= 0.6 is 0 Å². The first-order valence-corrected chi connectivity index (χ1v) is 7.12. The Balaban J connectivity index is 2.87. The molecule has 0 aliphatic heterocycles. The lowest BCUT2D eigenvalue weighted by molar-refractivity contribution is -0.127. The van der Waals surface area contributed by atoms with Crippen molar-refractivity contribution in [3.8, 4) is 5.75 Å². The topological polar surface area (TPSA) is 64.3 Å². The predicted octanol–water partition coefficient (Wildman–Crippen LogP) is 2.18. The van der Waals surface area contributed by atoms with Gasteiger partial charge in [-0.1, -0.05) is 18.2 Å². The highest BCUT2D eigenvalue weighted by Crippen LogP contribution is 2.25. The number of hydrogen-bond donors (Lipinski definition) is 2. The maximum atomic E-state index is 11.9. The molecule has 112 valence electrons. The molecule has 2 atom stereocenters. The molecule has 1 amide bonds. The minimum Gasteiger partial charge on any atom is -0.480 e. The second-order valence-corrected chi connectivity index (χ2v) is 5.67. The molecule has 0 saturated heterocycles. The first kappa shape index (κ1) is 16.5. The van der Waals surface area contributed by atoms with Crippen LogP contribution < -0.4 is 15.8 Å². The number of hydrogen-bond acceptors (Lipinski definition) is 3. The van der Waals surface area contributed by atoms with Gasteiger partial charge < -0.3 is 15.8 Å². The van der Waals surface area contributed by atoms with Crippen molar-refractivity contribution < 1.29 is 9.53 Å². The van der Waals surface area contributed by atoms with Gasteiger partial charge in [-0.2, -0.15) is 0 Å². The molecule has 1 aromatic rings. The average Bonchev–Trinajstić information content (AvgIpc) is 2.31. The zero-order valence-corrected chi connectivity index (χ0v) is 13.1. The van der Waals surface area contributed by atoms with Crippen molar-refractivity contribution in [3.63, 3.8) is 0 Å². The Morgan fingerprint density at radius 3 is 2.50 bits per heavy atom. The summed E-state index contributed by atoms with van der Waals surface area (Å²) in [6, 6.07) is 6.12. The fraction of sp³-hybridized carbons (Fsp3) is 0.562. The van der Waals surface area contributed by atoms with E-state index in [1.165, 1.54) is 0 Å². The molecule has 4 heteroatoms. The van der Waals surface area contributed by atoms with Gasteiger partial charge >= 0.3 is 0 Å². The number of benzene rings is 1. The summed E-state index contributed by atoms with van der Waals surface area (Å²) in [5.74, 6) is 0.672. The molecule has 0 spiro atoms. The summed E-state index contributed by atoms with van der Waals surface area (Å²) in [6.07, 6.45) is 0.209. The molecule has 0 fully saturated rings. The maximum absolute atomic E-state index is 11.9. The van der Waals surface area contributed by atoms with Crippen molar-refractivity contribution in [3.05, 3.63) is 29.3 Å². The minimum atomic E-state index is -0.523. The van der Waals surface area contributed by atoms with E-state index in [0.717, 1.165) is 23.3 Å². The zero-order valence-electron chi connectivity index (χ0n) is 13.1. The lowest BCUT2D eigenvalue weighted by atomic mass is 10.0. The first-order valence-electron chi connectivity index (χ1n) is 7.12. The van der Waals surface area contributed by atoms with Gasteiger partial charge in [-0.25, -0.2) is 0 Å². The van der Waals surface area contributed by atoms with Crippen LogP contribution in [0.4, 0.5) is 0 Å². The molecule has 0 bridgehead atoms. The normalized spacial score (nSPS) is 13.9. The van der Waals surface area contributed by atoms with Gasteiger partial charge in [-0.3, -0.25) is 4.79 Å². The van der Waals surface area contributed by atoms with Gasteiger partial charge in [-0.05, 0) is 52.2 Å². The second-order valence-electron chi connectivity index (χ2n) is 5.67. The third-order valence-corrected chi connectivity index (χ3v) is 2.93. The first-order chi connectivity index (χ1) is 9.31. The highest BCUT2D eigenvalue weighted by molar-refractivity contribution is 5.81. The fourth-order valence-corrected chi connectivity index (χ4v) is 2.02. The molecular formula is C16H26N2O2. The third kappa shape index (κ3) is 4.85. The third-order valence-electron chi connectivity index (χ3n) is 2.93. The number of amides is 1. The van der Waals surface area contributed by atoms with Gasteiger partial charge in [0, 0.05) is 12.1 Å². The fourth-order valence-electron chi connectivity index (χ4n) is 2.02. The van der Waals surface area contributed by atoms with Crippen molar-refractivity contribution in [2.45, 2.75) is 59.2 Å². The average molecular weight is 278 g/mol. The molecular weight excluding hydrogens is 252 g/mol. The lowest BCUT2D eigenvalue weighted by Crippen LogP contribution is -2.40. The number of carbonyl (C=O) groups is 1. The number of rotatable bonds is 6. The van der Waals surface area contributed by atoms with Crippen molar-refractivity contribution in [1.29, 1.82) is 0 Å². The summed E-state index contributed by atoms with van der Waals surface area (Å²) in [5.41, 5.74) is 7.93. The Bertz CT molecular complexity index is 456. The van der Waals surface area contributed by atoms with Crippen LogP contribution in [-0.2, 0) is 11.2 Å². The van der Waals surface area contributed by atoms with Crippen LogP contribution in [0.1, 0.15) is 38.8 Å². The smallest absolute Gasteiger partial charge is 0.260 e. The molecule has 0 saturated carbocycles. The van der Waals surface area contributed by atoms with Gasteiger partial charge in [0.05, 0.1) is 0 Å². The van der Waals surface area contributed by atoms with Crippen molar-refractivity contribution in [2.24, 2.45) is 5.73 Å². The number of ether oxygens (including phenoxy) is 1. The van der Waals surface area contributed by atoms with E-state index in [9.17, 15) is 4.79 Å². The summed E-state index contributed by atoms with van der Waals surface area (Å²) in [7, 11) is 0. The molecule has 0 aliphatic rings. The number of nitrogens with two attached hydrogens (primary N) is 1. The van der Waals surface area contributed by atoms with E-state index in [4.69, 9.17) is 10.5 Å². The van der Waals surface area contributed by atoms with Crippen LogP contribution in [0.2, 0.25) is 0 Å². The van der Waals surface area contributed by atoms with Gasteiger partial charge in [0.1, 0.15) is 5.75 Å².